The molecule has 0 radical (unpaired) electrons. The topological polar surface area (TPSA) is 52.0 Å². The van der Waals surface area contributed by atoms with Gasteiger partial charge in [-0.1, -0.05) is 47.5 Å². The predicted octanol–water partition coefficient (Wildman–Crippen LogP) is 5.82. The highest BCUT2D eigenvalue weighted by atomic mass is 35.5. The zero-order chi connectivity index (χ0) is 20.6. The zero-order valence-corrected chi connectivity index (χ0v) is 17.1. The van der Waals surface area contributed by atoms with Gasteiger partial charge in [0.05, 0.1) is 32.5 Å². The van der Waals surface area contributed by atoms with Crippen LogP contribution in [-0.2, 0) is 9.84 Å². The minimum atomic E-state index is -3.87. The number of halogens is 3. The fraction of sp³-hybridized carbons (Fsp3) is 0. The third kappa shape index (κ3) is 3.67. The van der Waals surface area contributed by atoms with Gasteiger partial charge in [-0.3, -0.25) is 0 Å². The maximum atomic E-state index is 13.4. The first-order valence-corrected chi connectivity index (χ1v) is 10.7. The first-order chi connectivity index (χ1) is 13.9. The van der Waals surface area contributed by atoms with E-state index in [0.29, 0.717) is 22.0 Å². The van der Waals surface area contributed by atoms with Gasteiger partial charge >= 0.3 is 0 Å². The molecule has 146 valence electrons. The van der Waals surface area contributed by atoms with Gasteiger partial charge in [-0.25, -0.2) is 17.5 Å². The second-order valence-corrected chi connectivity index (χ2v) is 8.92. The van der Waals surface area contributed by atoms with E-state index < -0.39 is 15.7 Å². The highest BCUT2D eigenvalue weighted by molar-refractivity contribution is 7.91. The van der Waals surface area contributed by atoms with Gasteiger partial charge in [0, 0.05) is 5.56 Å². The molecule has 0 unspecified atom stereocenters. The van der Waals surface area contributed by atoms with Gasteiger partial charge in [0.15, 0.2) is 0 Å². The van der Waals surface area contributed by atoms with Crippen molar-refractivity contribution in [2.75, 3.05) is 0 Å². The molecule has 8 heteroatoms. The lowest BCUT2D eigenvalue weighted by molar-refractivity contribution is 0.596. The van der Waals surface area contributed by atoms with E-state index in [2.05, 4.69) is 5.10 Å². The molecule has 4 aromatic rings. The molecule has 0 bridgehead atoms. The van der Waals surface area contributed by atoms with Crippen molar-refractivity contribution < 1.29 is 12.8 Å². The Balaban J connectivity index is 2.00. The summed E-state index contributed by atoms with van der Waals surface area (Å²) in [6, 6.07) is 18.5. The van der Waals surface area contributed by atoms with E-state index >= 15 is 0 Å². The van der Waals surface area contributed by atoms with Crippen LogP contribution in [0.4, 0.5) is 4.39 Å². The molecule has 4 nitrogen and oxygen atoms in total. The second kappa shape index (κ2) is 7.63. The molecule has 4 rings (SSSR count). The van der Waals surface area contributed by atoms with E-state index in [4.69, 9.17) is 23.2 Å². The molecule has 1 heterocycles. The molecule has 0 aliphatic heterocycles. The minimum absolute atomic E-state index is 0.00594. The normalized spacial score (nSPS) is 11.6. The van der Waals surface area contributed by atoms with Crippen LogP contribution >= 0.6 is 23.2 Å². The van der Waals surface area contributed by atoms with E-state index in [1.165, 1.54) is 47.3 Å². The Morgan fingerprint density at radius 3 is 2.21 bits per heavy atom. The fourth-order valence-electron chi connectivity index (χ4n) is 2.94. The molecule has 3 aromatic carbocycles. The molecule has 0 amide bonds. The SMILES string of the molecule is O=S(=O)(c1ccccc1)c1cnn(-c2ccc(F)cc2)c1-c1ccc(Cl)c(Cl)c1. The van der Waals surface area contributed by atoms with Crippen LogP contribution in [0.15, 0.2) is 88.8 Å². The number of benzene rings is 3. The molecule has 29 heavy (non-hydrogen) atoms. The summed E-state index contributed by atoms with van der Waals surface area (Å²) < 4.78 is 41.4. The molecule has 0 N–H and O–H groups in total. The van der Waals surface area contributed by atoms with Crippen molar-refractivity contribution in [1.29, 1.82) is 0 Å². The van der Waals surface area contributed by atoms with Crippen molar-refractivity contribution in [3.05, 3.63) is 94.9 Å². The Bertz CT molecular complexity index is 1290. The lowest BCUT2D eigenvalue weighted by atomic mass is 10.1. The molecular formula is C21H13Cl2FN2O2S. The Labute approximate surface area is 177 Å². The second-order valence-electron chi connectivity index (χ2n) is 6.19. The fourth-order valence-corrected chi connectivity index (χ4v) is 4.65. The van der Waals surface area contributed by atoms with Crippen LogP contribution in [0.2, 0.25) is 10.0 Å². The average Bonchev–Trinajstić information content (AvgIpc) is 3.17. The lowest BCUT2D eigenvalue weighted by Gasteiger charge is -2.12. The minimum Gasteiger partial charge on any atom is -0.232 e. The van der Waals surface area contributed by atoms with E-state index in [0.717, 1.165) is 0 Å². The number of sulfone groups is 1. The number of rotatable bonds is 4. The number of nitrogens with zero attached hydrogens (tertiary/aromatic N) is 2. The van der Waals surface area contributed by atoms with Gasteiger partial charge < -0.3 is 0 Å². The van der Waals surface area contributed by atoms with Crippen LogP contribution in [0.3, 0.4) is 0 Å². The summed E-state index contributed by atoms with van der Waals surface area (Å²) in [5.74, 6) is -0.408. The smallest absolute Gasteiger partial charge is 0.210 e. The molecular weight excluding hydrogens is 434 g/mol. The number of hydrogen-bond donors (Lipinski definition) is 0. The van der Waals surface area contributed by atoms with E-state index in [-0.39, 0.29) is 14.8 Å². The average molecular weight is 447 g/mol. The molecule has 0 spiro atoms. The monoisotopic (exact) mass is 446 g/mol. The largest absolute Gasteiger partial charge is 0.232 e. The van der Waals surface area contributed by atoms with Gasteiger partial charge in [-0.05, 0) is 48.5 Å². The Hall–Kier alpha value is -2.67. The van der Waals surface area contributed by atoms with Crippen molar-refractivity contribution in [1.82, 2.24) is 9.78 Å². The molecule has 0 atom stereocenters. The quantitative estimate of drug-likeness (QED) is 0.396. The van der Waals surface area contributed by atoms with E-state index in [9.17, 15) is 12.8 Å². The number of hydrogen-bond acceptors (Lipinski definition) is 3. The summed E-state index contributed by atoms with van der Waals surface area (Å²) >= 11 is 12.2. The maximum Gasteiger partial charge on any atom is 0.210 e. The van der Waals surface area contributed by atoms with E-state index in [1.54, 1.807) is 36.4 Å². The van der Waals surface area contributed by atoms with Crippen LogP contribution in [0.25, 0.3) is 16.9 Å². The van der Waals surface area contributed by atoms with Crippen molar-refractivity contribution in [2.45, 2.75) is 9.79 Å². The van der Waals surface area contributed by atoms with Crippen molar-refractivity contribution in [3.63, 3.8) is 0 Å². The van der Waals surface area contributed by atoms with Crippen molar-refractivity contribution in [2.24, 2.45) is 0 Å². The Kier molecular flexibility index (Phi) is 5.17. The Morgan fingerprint density at radius 1 is 0.862 bits per heavy atom. The first-order valence-electron chi connectivity index (χ1n) is 8.47. The molecule has 0 saturated heterocycles. The van der Waals surface area contributed by atoms with Gasteiger partial charge in [-0.2, -0.15) is 5.10 Å². The highest BCUT2D eigenvalue weighted by Gasteiger charge is 2.27. The third-order valence-corrected chi connectivity index (χ3v) is 6.85. The molecule has 0 fully saturated rings. The molecule has 1 aromatic heterocycles. The summed E-state index contributed by atoms with van der Waals surface area (Å²) in [6.07, 6.45) is 1.28. The van der Waals surface area contributed by atoms with Crippen LogP contribution in [0.1, 0.15) is 0 Å². The van der Waals surface area contributed by atoms with E-state index in [1.807, 2.05) is 0 Å². The summed E-state index contributed by atoms with van der Waals surface area (Å²) in [7, 11) is -3.87. The van der Waals surface area contributed by atoms with Crippen LogP contribution in [0.5, 0.6) is 0 Å². The molecule has 0 aliphatic rings. The van der Waals surface area contributed by atoms with Gasteiger partial charge in [0.2, 0.25) is 9.84 Å². The lowest BCUT2D eigenvalue weighted by Crippen LogP contribution is -2.05. The van der Waals surface area contributed by atoms with Crippen LogP contribution in [-0.4, -0.2) is 18.2 Å². The van der Waals surface area contributed by atoms with Crippen LogP contribution < -0.4 is 0 Å². The standard InChI is InChI=1S/C21H13Cl2FN2O2S/c22-18-11-6-14(12-19(18)23)21-20(29(27,28)17-4-2-1-3-5-17)13-25-26(21)16-9-7-15(24)8-10-16/h1-13H. The molecule has 0 saturated carbocycles. The Morgan fingerprint density at radius 2 is 1.55 bits per heavy atom. The highest BCUT2D eigenvalue weighted by Crippen LogP contribution is 2.36. The summed E-state index contributed by atoms with van der Waals surface area (Å²) in [5.41, 5.74) is 1.32. The predicted molar refractivity (Wildman–Crippen MR) is 111 cm³/mol. The van der Waals surface area contributed by atoms with Crippen LogP contribution in [0, 0.1) is 5.82 Å². The molecule has 0 aliphatic carbocycles. The van der Waals surface area contributed by atoms with Gasteiger partial charge in [-0.15, -0.1) is 0 Å². The summed E-state index contributed by atoms with van der Waals surface area (Å²) in [6.45, 7) is 0. The van der Waals surface area contributed by atoms with Crippen molar-refractivity contribution >= 4 is 33.0 Å². The third-order valence-electron chi connectivity index (χ3n) is 4.34. The summed E-state index contributed by atoms with van der Waals surface area (Å²) in [4.78, 5) is 0.145. The van der Waals surface area contributed by atoms with Crippen molar-refractivity contribution in [3.8, 4) is 16.9 Å². The van der Waals surface area contributed by atoms with Gasteiger partial charge in [0.1, 0.15) is 10.7 Å². The zero-order valence-electron chi connectivity index (χ0n) is 14.8. The number of aromatic nitrogens is 2. The first kappa shape index (κ1) is 19.6. The van der Waals surface area contributed by atoms with Gasteiger partial charge in [0.25, 0.3) is 0 Å². The summed E-state index contributed by atoms with van der Waals surface area (Å²) in [5, 5.41) is 4.90. The maximum absolute atomic E-state index is 13.4.